The van der Waals surface area contributed by atoms with Crippen LogP contribution in [0.2, 0.25) is 0 Å². The van der Waals surface area contributed by atoms with Gasteiger partial charge in [-0.2, -0.15) is 11.8 Å². The van der Waals surface area contributed by atoms with Crippen LogP contribution in [0.4, 0.5) is 0 Å². The standard InChI is InChI=1S/C17H30N2O5S/c1-10(2)11-6-4-5-7-13(11)25-9-17(19,16(23)24-3)15(22)12(18)8-14(20)21/h10-13H,4-9,18-19H2,1-3H3,(H,20,21)/t11?,12-,13?,17+/m0/s1. The average molecular weight is 375 g/mol. The number of aliphatic carboxylic acids is 1. The van der Waals surface area contributed by atoms with E-state index in [1.54, 1.807) is 0 Å². The van der Waals surface area contributed by atoms with Gasteiger partial charge in [0.15, 0.2) is 11.3 Å². The lowest BCUT2D eigenvalue weighted by atomic mass is 9.81. The zero-order chi connectivity index (χ0) is 19.2. The summed E-state index contributed by atoms with van der Waals surface area (Å²) in [4.78, 5) is 35.5. The number of carbonyl (C=O) groups excluding carboxylic acids is 2. The van der Waals surface area contributed by atoms with Gasteiger partial charge in [0.2, 0.25) is 0 Å². The summed E-state index contributed by atoms with van der Waals surface area (Å²) in [7, 11) is 1.15. The maximum absolute atomic E-state index is 12.6. The van der Waals surface area contributed by atoms with Crippen molar-refractivity contribution in [2.24, 2.45) is 23.3 Å². The number of methoxy groups -OCH3 is 1. The minimum Gasteiger partial charge on any atom is -0.481 e. The quantitative estimate of drug-likeness (QED) is 0.405. The van der Waals surface area contributed by atoms with Crippen LogP contribution >= 0.6 is 11.8 Å². The fraction of sp³-hybridized carbons (Fsp3) is 0.824. The molecule has 0 saturated heterocycles. The SMILES string of the molecule is COC(=O)[C@@](N)(CSC1CCCCC1C(C)C)C(=O)[C@@H](N)CC(=O)O. The lowest BCUT2D eigenvalue weighted by Crippen LogP contribution is -2.63. The smallest absolute Gasteiger partial charge is 0.334 e. The van der Waals surface area contributed by atoms with E-state index in [-0.39, 0.29) is 5.75 Å². The van der Waals surface area contributed by atoms with E-state index in [1.807, 2.05) is 0 Å². The summed E-state index contributed by atoms with van der Waals surface area (Å²) >= 11 is 1.50. The van der Waals surface area contributed by atoms with Gasteiger partial charge in [0.25, 0.3) is 0 Å². The zero-order valence-corrected chi connectivity index (χ0v) is 16.0. The number of ketones is 1. The van der Waals surface area contributed by atoms with Gasteiger partial charge in [-0.1, -0.05) is 26.7 Å². The number of Topliss-reactive ketones (excluding diaryl/α,β-unsaturated/α-hetero) is 1. The number of hydrogen-bond donors (Lipinski definition) is 3. The van der Waals surface area contributed by atoms with Crippen molar-refractivity contribution in [2.45, 2.75) is 62.8 Å². The van der Waals surface area contributed by atoms with Crippen LogP contribution in [0.25, 0.3) is 0 Å². The Morgan fingerprint density at radius 3 is 2.40 bits per heavy atom. The first-order valence-corrected chi connectivity index (χ1v) is 9.69. The molecule has 2 unspecified atom stereocenters. The van der Waals surface area contributed by atoms with E-state index >= 15 is 0 Å². The highest BCUT2D eigenvalue weighted by molar-refractivity contribution is 8.00. The number of hydrogen-bond acceptors (Lipinski definition) is 7. The monoisotopic (exact) mass is 374 g/mol. The molecule has 0 spiro atoms. The van der Waals surface area contributed by atoms with Crippen molar-refractivity contribution in [1.82, 2.24) is 0 Å². The molecule has 1 saturated carbocycles. The molecule has 4 atom stereocenters. The first kappa shape index (κ1) is 21.9. The molecule has 0 bridgehead atoms. The Labute approximate surface area is 153 Å². The molecular formula is C17H30N2O5S. The molecule has 0 radical (unpaired) electrons. The minimum absolute atomic E-state index is 0.0414. The van der Waals surface area contributed by atoms with Crippen molar-refractivity contribution in [3.63, 3.8) is 0 Å². The second-order valence-corrected chi connectivity index (χ2v) is 8.30. The van der Waals surface area contributed by atoms with Crippen molar-refractivity contribution >= 4 is 29.5 Å². The third-order valence-electron chi connectivity index (χ3n) is 4.86. The lowest BCUT2D eigenvalue weighted by molar-refractivity contribution is -0.151. The summed E-state index contributed by atoms with van der Waals surface area (Å²) < 4.78 is 4.70. The molecule has 0 aliphatic heterocycles. The number of esters is 1. The van der Waals surface area contributed by atoms with E-state index in [0.29, 0.717) is 17.1 Å². The Balaban J connectivity index is 2.89. The van der Waals surface area contributed by atoms with E-state index in [0.717, 1.165) is 26.4 Å². The molecule has 0 heterocycles. The van der Waals surface area contributed by atoms with Gasteiger partial charge in [0.05, 0.1) is 19.6 Å². The molecular weight excluding hydrogens is 344 g/mol. The number of carboxylic acid groups (broad SMARTS) is 1. The topological polar surface area (TPSA) is 133 Å². The van der Waals surface area contributed by atoms with Crippen molar-refractivity contribution in [1.29, 1.82) is 0 Å². The first-order valence-electron chi connectivity index (χ1n) is 8.64. The summed E-state index contributed by atoms with van der Waals surface area (Å²) in [5.41, 5.74) is 9.82. The lowest BCUT2D eigenvalue weighted by Gasteiger charge is -2.36. The Morgan fingerprint density at radius 2 is 1.88 bits per heavy atom. The van der Waals surface area contributed by atoms with Crippen LogP contribution < -0.4 is 11.5 Å². The fourth-order valence-electron chi connectivity index (χ4n) is 3.36. The maximum Gasteiger partial charge on any atom is 0.334 e. The summed E-state index contributed by atoms with van der Waals surface area (Å²) in [5.74, 6) is -1.82. The molecule has 5 N–H and O–H groups in total. The molecule has 1 aliphatic rings. The molecule has 144 valence electrons. The number of thioether (sulfide) groups is 1. The highest BCUT2D eigenvalue weighted by Gasteiger charge is 2.46. The Hall–Kier alpha value is -1.12. The van der Waals surface area contributed by atoms with Crippen LogP contribution in [0.1, 0.15) is 46.0 Å². The highest BCUT2D eigenvalue weighted by atomic mass is 32.2. The summed E-state index contributed by atoms with van der Waals surface area (Å²) in [6.07, 6.45) is 3.87. The molecule has 0 aromatic carbocycles. The van der Waals surface area contributed by atoms with Crippen molar-refractivity contribution in [3.8, 4) is 0 Å². The predicted molar refractivity (Wildman–Crippen MR) is 97.2 cm³/mol. The number of ether oxygens (including phenoxy) is 1. The number of carboxylic acids is 1. The molecule has 25 heavy (non-hydrogen) atoms. The largest absolute Gasteiger partial charge is 0.481 e. The Morgan fingerprint density at radius 1 is 1.28 bits per heavy atom. The van der Waals surface area contributed by atoms with Gasteiger partial charge < -0.3 is 21.3 Å². The third-order valence-corrected chi connectivity index (χ3v) is 6.49. The highest BCUT2D eigenvalue weighted by Crippen LogP contribution is 2.38. The van der Waals surface area contributed by atoms with E-state index in [1.165, 1.54) is 18.2 Å². The fourth-order valence-corrected chi connectivity index (χ4v) is 5.13. The molecule has 1 aliphatic carbocycles. The van der Waals surface area contributed by atoms with E-state index in [4.69, 9.17) is 21.3 Å². The third kappa shape index (κ3) is 5.69. The second kappa shape index (κ2) is 9.54. The van der Waals surface area contributed by atoms with Gasteiger partial charge in [-0.15, -0.1) is 0 Å². The van der Waals surface area contributed by atoms with Crippen LogP contribution in [0, 0.1) is 11.8 Å². The van der Waals surface area contributed by atoms with Crippen LogP contribution in [0.3, 0.4) is 0 Å². The summed E-state index contributed by atoms with van der Waals surface area (Å²) in [6.45, 7) is 4.35. The van der Waals surface area contributed by atoms with Crippen LogP contribution in [-0.4, -0.2) is 52.5 Å². The Bertz CT molecular complexity index is 499. The molecule has 1 fully saturated rings. The molecule has 0 aromatic heterocycles. The van der Waals surface area contributed by atoms with Crippen LogP contribution in [0.15, 0.2) is 0 Å². The van der Waals surface area contributed by atoms with Gasteiger partial charge in [0, 0.05) is 11.0 Å². The molecule has 1 rings (SSSR count). The zero-order valence-electron chi connectivity index (χ0n) is 15.2. The number of nitrogens with two attached hydrogens (primary N) is 2. The molecule has 8 heteroatoms. The minimum atomic E-state index is -1.92. The summed E-state index contributed by atoms with van der Waals surface area (Å²) in [5, 5.41) is 9.14. The maximum atomic E-state index is 12.6. The molecule has 7 nitrogen and oxygen atoms in total. The van der Waals surface area contributed by atoms with Crippen molar-refractivity contribution in [3.05, 3.63) is 0 Å². The van der Waals surface area contributed by atoms with Crippen molar-refractivity contribution in [2.75, 3.05) is 12.9 Å². The van der Waals surface area contributed by atoms with Gasteiger partial charge in [0.1, 0.15) is 0 Å². The van der Waals surface area contributed by atoms with Gasteiger partial charge in [-0.25, -0.2) is 4.79 Å². The first-order chi connectivity index (χ1) is 11.6. The normalized spacial score (nSPS) is 24.4. The molecule has 0 amide bonds. The number of carbonyl (C=O) groups is 3. The summed E-state index contributed by atoms with van der Waals surface area (Å²) in [6, 6.07) is -1.34. The Kier molecular flexibility index (Phi) is 8.37. The van der Waals surface area contributed by atoms with Gasteiger partial charge in [-0.3, -0.25) is 9.59 Å². The van der Waals surface area contributed by atoms with E-state index in [9.17, 15) is 14.4 Å². The average Bonchev–Trinajstić information content (AvgIpc) is 2.57. The van der Waals surface area contributed by atoms with Crippen LogP contribution in [0.5, 0.6) is 0 Å². The van der Waals surface area contributed by atoms with Crippen molar-refractivity contribution < 1.29 is 24.2 Å². The molecule has 0 aromatic rings. The second-order valence-electron chi connectivity index (χ2n) is 7.07. The van der Waals surface area contributed by atoms with Crippen LogP contribution in [-0.2, 0) is 19.1 Å². The predicted octanol–water partition coefficient (Wildman–Crippen LogP) is 1.18. The number of rotatable bonds is 9. The van der Waals surface area contributed by atoms with E-state index < -0.39 is 35.7 Å². The van der Waals surface area contributed by atoms with Gasteiger partial charge in [-0.05, 0) is 24.7 Å². The van der Waals surface area contributed by atoms with Gasteiger partial charge >= 0.3 is 11.9 Å². The van der Waals surface area contributed by atoms with E-state index in [2.05, 4.69) is 13.8 Å².